The van der Waals surface area contributed by atoms with Crippen molar-refractivity contribution in [1.82, 2.24) is 10.2 Å². The van der Waals surface area contributed by atoms with Crippen molar-refractivity contribution in [2.75, 3.05) is 13.2 Å². The molecule has 2 saturated heterocycles. The van der Waals surface area contributed by atoms with Gasteiger partial charge in [0.1, 0.15) is 5.72 Å². The Morgan fingerprint density at radius 1 is 1.44 bits per heavy atom. The molecule has 0 saturated carbocycles. The van der Waals surface area contributed by atoms with E-state index in [-0.39, 0.29) is 18.1 Å². The summed E-state index contributed by atoms with van der Waals surface area (Å²) in [5.74, 6) is 0. The highest BCUT2D eigenvalue weighted by Crippen LogP contribution is 2.32. The normalized spacial score (nSPS) is 40.3. The van der Waals surface area contributed by atoms with Gasteiger partial charge in [-0.2, -0.15) is 0 Å². The van der Waals surface area contributed by atoms with E-state index < -0.39 is 0 Å². The molecule has 3 unspecified atom stereocenters. The molecule has 2 aliphatic heterocycles. The van der Waals surface area contributed by atoms with Crippen molar-refractivity contribution in [2.45, 2.75) is 64.4 Å². The van der Waals surface area contributed by atoms with Gasteiger partial charge in [-0.1, -0.05) is 0 Å². The standard InChI is InChI=1S/C12H24N2O.ClH/c1-9(2)14-7-5-6-11(14)12(4)13-10(3)8-15-12;/h9-11,13H,5-8H2,1-4H3;1H. The average Bonchev–Trinajstić information content (AvgIpc) is 2.72. The van der Waals surface area contributed by atoms with E-state index >= 15 is 0 Å². The summed E-state index contributed by atoms with van der Waals surface area (Å²) in [4.78, 5) is 2.57. The van der Waals surface area contributed by atoms with E-state index in [4.69, 9.17) is 4.74 Å². The summed E-state index contributed by atoms with van der Waals surface area (Å²) >= 11 is 0. The van der Waals surface area contributed by atoms with E-state index in [1.807, 2.05) is 0 Å². The molecule has 96 valence electrons. The van der Waals surface area contributed by atoms with Crippen LogP contribution in [0.4, 0.5) is 0 Å². The maximum absolute atomic E-state index is 5.96. The van der Waals surface area contributed by atoms with Crippen LogP contribution in [0.25, 0.3) is 0 Å². The number of nitrogens with zero attached hydrogens (tertiary/aromatic N) is 1. The molecule has 2 aliphatic rings. The monoisotopic (exact) mass is 248 g/mol. The first-order chi connectivity index (χ1) is 7.03. The second-order valence-corrected chi connectivity index (χ2v) is 5.45. The Morgan fingerprint density at radius 3 is 2.62 bits per heavy atom. The van der Waals surface area contributed by atoms with Crippen LogP contribution in [0.3, 0.4) is 0 Å². The number of ether oxygens (including phenoxy) is 1. The number of likely N-dealkylation sites (tertiary alicyclic amines) is 1. The molecule has 3 atom stereocenters. The van der Waals surface area contributed by atoms with E-state index in [0.29, 0.717) is 18.1 Å². The third-order valence-electron chi connectivity index (χ3n) is 3.76. The van der Waals surface area contributed by atoms with Crippen molar-refractivity contribution in [3.63, 3.8) is 0 Å². The fourth-order valence-corrected chi connectivity index (χ4v) is 3.06. The minimum atomic E-state index is -0.125. The molecule has 2 heterocycles. The molecule has 3 nitrogen and oxygen atoms in total. The van der Waals surface area contributed by atoms with Crippen molar-refractivity contribution in [3.8, 4) is 0 Å². The Kier molecular flexibility index (Phi) is 4.64. The SMILES string of the molecule is CC1COC(C)(C2CCCN2C(C)C)N1.Cl. The van der Waals surface area contributed by atoms with Gasteiger partial charge in [-0.15, -0.1) is 12.4 Å². The number of rotatable bonds is 2. The number of nitrogens with one attached hydrogen (secondary N) is 1. The molecule has 16 heavy (non-hydrogen) atoms. The topological polar surface area (TPSA) is 24.5 Å². The summed E-state index contributed by atoms with van der Waals surface area (Å²) in [6, 6.07) is 1.66. The summed E-state index contributed by atoms with van der Waals surface area (Å²) in [6.45, 7) is 11.0. The van der Waals surface area contributed by atoms with Gasteiger partial charge in [0.2, 0.25) is 0 Å². The van der Waals surface area contributed by atoms with Crippen LogP contribution in [0.2, 0.25) is 0 Å². The summed E-state index contributed by atoms with van der Waals surface area (Å²) in [5, 5.41) is 3.59. The molecule has 0 aromatic carbocycles. The Labute approximate surface area is 105 Å². The van der Waals surface area contributed by atoms with Gasteiger partial charge in [-0.05, 0) is 47.1 Å². The van der Waals surface area contributed by atoms with Gasteiger partial charge in [0, 0.05) is 12.1 Å². The summed E-state index contributed by atoms with van der Waals surface area (Å²) in [5.41, 5.74) is -0.125. The lowest BCUT2D eigenvalue weighted by molar-refractivity contribution is -0.0603. The molecule has 0 aliphatic carbocycles. The maximum atomic E-state index is 5.96. The summed E-state index contributed by atoms with van der Waals surface area (Å²) < 4.78 is 5.96. The highest BCUT2D eigenvalue weighted by atomic mass is 35.5. The summed E-state index contributed by atoms with van der Waals surface area (Å²) in [6.07, 6.45) is 2.56. The van der Waals surface area contributed by atoms with E-state index in [1.165, 1.54) is 19.4 Å². The van der Waals surface area contributed by atoms with Gasteiger partial charge in [0.25, 0.3) is 0 Å². The second kappa shape index (κ2) is 5.21. The Hall–Kier alpha value is 0.170. The van der Waals surface area contributed by atoms with Crippen molar-refractivity contribution in [1.29, 1.82) is 0 Å². The molecular formula is C12H25ClN2O. The van der Waals surface area contributed by atoms with Gasteiger partial charge in [-0.25, -0.2) is 0 Å². The molecule has 2 rings (SSSR count). The minimum absolute atomic E-state index is 0. The first-order valence-corrected chi connectivity index (χ1v) is 6.20. The molecule has 1 N–H and O–H groups in total. The van der Waals surface area contributed by atoms with Crippen LogP contribution >= 0.6 is 12.4 Å². The second-order valence-electron chi connectivity index (χ2n) is 5.45. The van der Waals surface area contributed by atoms with E-state index in [9.17, 15) is 0 Å². The molecule has 4 heteroatoms. The summed E-state index contributed by atoms with van der Waals surface area (Å²) in [7, 11) is 0. The quantitative estimate of drug-likeness (QED) is 0.809. The zero-order valence-electron chi connectivity index (χ0n) is 10.8. The van der Waals surface area contributed by atoms with Crippen LogP contribution in [0.1, 0.15) is 40.5 Å². The van der Waals surface area contributed by atoms with Gasteiger partial charge in [-0.3, -0.25) is 10.2 Å². The predicted molar refractivity (Wildman–Crippen MR) is 69.1 cm³/mol. The van der Waals surface area contributed by atoms with Crippen LogP contribution in [0.15, 0.2) is 0 Å². The largest absolute Gasteiger partial charge is 0.358 e. The number of hydrogen-bond donors (Lipinski definition) is 1. The van der Waals surface area contributed by atoms with Crippen LogP contribution in [-0.4, -0.2) is 41.9 Å². The Balaban J connectivity index is 0.00000128. The molecule has 0 amide bonds. The highest BCUT2D eigenvalue weighted by molar-refractivity contribution is 5.85. The fraction of sp³-hybridized carbons (Fsp3) is 1.00. The number of halogens is 1. The first-order valence-electron chi connectivity index (χ1n) is 6.20. The molecular weight excluding hydrogens is 224 g/mol. The zero-order chi connectivity index (χ0) is 11.1. The van der Waals surface area contributed by atoms with E-state index in [0.717, 1.165) is 6.61 Å². The lowest BCUT2D eigenvalue weighted by Gasteiger charge is -2.39. The lowest BCUT2D eigenvalue weighted by Crippen LogP contribution is -2.57. The fourth-order valence-electron chi connectivity index (χ4n) is 3.06. The number of hydrogen-bond acceptors (Lipinski definition) is 3. The lowest BCUT2D eigenvalue weighted by atomic mass is 10.0. The van der Waals surface area contributed by atoms with Crippen LogP contribution in [-0.2, 0) is 4.74 Å². The molecule has 0 spiro atoms. The third-order valence-corrected chi connectivity index (χ3v) is 3.76. The minimum Gasteiger partial charge on any atom is -0.358 e. The van der Waals surface area contributed by atoms with Gasteiger partial charge < -0.3 is 4.74 Å². The highest BCUT2D eigenvalue weighted by Gasteiger charge is 2.46. The van der Waals surface area contributed by atoms with Gasteiger partial charge in [0.05, 0.1) is 12.6 Å². The third kappa shape index (κ3) is 2.53. The molecule has 0 radical (unpaired) electrons. The Bertz CT molecular complexity index is 237. The van der Waals surface area contributed by atoms with Crippen LogP contribution in [0, 0.1) is 0 Å². The van der Waals surface area contributed by atoms with Crippen molar-refractivity contribution < 1.29 is 4.74 Å². The van der Waals surface area contributed by atoms with E-state index in [2.05, 4.69) is 37.9 Å². The van der Waals surface area contributed by atoms with Crippen molar-refractivity contribution in [2.24, 2.45) is 0 Å². The van der Waals surface area contributed by atoms with Crippen LogP contribution < -0.4 is 5.32 Å². The van der Waals surface area contributed by atoms with Gasteiger partial charge >= 0.3 is 0 Å². The molecule has 0 bridgehead atoms. The van der Waals surface area contributed by atoms with Crippen molar-refractivity contribution in [3.05, 3.63) is 0 Å². The van der Waals surface area contributed by atoms with Gasteiger partial charge in [0.15, 0.2) is 0 Å². The molecule has 0 aromatic heterocycles. The smallest absolute Gasteiger partial charge is 0.132 e. The maximum Gasteiger partial charge on any atom is 0.132 e. The van der Waals surface area contributed by atoms with E-state index in [1.54, 1.807) is 0 Å². The zero-order valence-corrected chi connectivity index (χ0v) is 11.6. The van der Waals surface area contributed by atoms with Crippen LogP contribution in [0.5, 0.6) is 0 Å². The van der Waals surface area contributed by atoms with Crippen molar-refractivity contribution >= 4 is 12.4 Å². The Morgan fingerprint density at radius 2 is 2.12 bits per heavy atom. The first kappa shape index (κ1) is 14.2. The molecule has 2 fully saturated rings. The average molecular weight is 249 g/mol. The molecule has 0 aromatic rings. The predicted octanol–water partition coefficient (Wildman–Crippen LogP) is 2.01.